The fraction of sp³-hybridized carbons (Fsp3) is 0.0588. The van der Waals surface area contributed by atoms with Crippen LogP contribution < -0.4 is 0 Å². The molecule has 164 valence electrons. The molecule has 0 spiro atoms. The summed E-state index contributed by atoms with van der Waals surface area (Å²) < 4.78 is 81.8. The van der Waals surface area contributed by atoms with E-state index < -0.39 is 73.7 Å². The molecule has 2 N–H and O–H groups in total. The Balaban J connectivity index is 3.02. The van der Waals surface area contributed by atoms with Crippen LogP contribution in [0.15, 0.2) is 36.4 Å². The van der Waals surface area contributed by atoms with Crippen LogP contribution in [0.4, 0.5) is 26.7 Å². The summed E-state index contributed by atoms with van der Waals surface area (Å²) in [7, 11) is 0. The highest BCUT2D eigenvalue weighted by molar-refractivity contribution is 6.13. The first-order valence-corrected chi connectivity index (χ1v) is 7.75. The lowest BCUT2D eigenvalue weighted by Gasteiger charge is -2.31. The standard InChI is InChI=1S/C17H8F6N2O6/c18-11-9(14(28)29)5-6-10(12(11)19)17(15(30)24(20)21,16(31)25(22)23)8-3-1-7(2-4-8)13(26)27/h1-6H,(H,26,27)(H,28,29). The molecule has 0 saturated heterocycles. The number of hydrogen-bond acceptors (Lipinski definition) is 4. The maximum atomic E-state index is 14.7. The summed E-state index contributed by atoms with van der Waals surface area (Å²) >= 11 is 0. The van der Waals surface area contributed by atoms with Gasteiger partial charge in [0.15, 0.2) is 17.0 Å². The van der Waals surface area contributed by atoms with Crippen molar-refractivity contribution in [2.75, 3.05) is 0 Å². The Kier molecular flexibility index (Phi) is 6.23. The summed E-state index contributed by atoms with van der Waals surface area (Å²) in [6, 6.07) is 2.74. The number of amides is 2. The van der Waals surface area contributed by atoms with Gasteiger partial charge in [-0.15, -0.1) is 0 Å². The molecule has 2 aromatic carbocycles. The van der Waals surface area contributed by atoms with Crippen LogP contribution in [0.1, 0.15) is 31.8 Å². The Bertz CT molecular complexity index is 1050. The lowest BCUT2D eigenvalue weighted by atomic mass is 9.72. The van der Waals surface area contributed by atoms with Gasteiger partial charge >= 0.3 is 23.8 Å². The highest BCUT2D eigenvalue weighted by Gasteiger charge is 2.57. The second-order valence-corrected chi connectivity index (χ2v) is 5.80. The van der Waals surface area contributed by atoms with Gasteiger partial charge in [0.2, 0.25) is 0 Å². The predicted octanol–water partition coefficient (Wildman–Crippen LogP) is 2.84. The van der Waals surface area contributed by atoms with E-state index >= 15 is 0 Å². The zero-order valence-corrected chi connectivity index (χ0v) is 14.7. The van der Waals surface area contributed by atoms with Crippen molar-refractivity contribution >= 4 is 23.8 Å². The number of nitrogens with zero attached hydrogens (tertiary/aromatic N) is 2. The van der Waals surface area contributed by atoms with Crippen molar-refractivity contribution in [1.82, 2.24) is 10.7 Å². The Morgan fingerprint density at radius 1 is 0.710 bits per heavy atom. The number of benzene rings is 2. The van der Waals surface area contributed by atoms with Gasteiger partial charge in [0, 0.05) is 5.56 Å². The van der Waals surface area contributed by atoms with Crippen LogP contribution in [-0.4, -0.2) is 44.7 Å². The van der Waals surface area contributed by atoms with E-state index in [1.807, 2.05) is 0 Å². The first-order chi connectivity index (χ1) is 14.4. The number of aromatic carboxylic acids is 2. The molecule has 8 nitrogen and oxygen atoms in total. The van der Waals surface area contributed by atoms with Gasteiger partial charge in [-0.05, 0) is 34.5 Å². The Labute approximate surface area is 167 Å². The van der Waals surface area contributed by atoms with Crippen molar-refractivity contribution in [3.05, 3.63) is 70.3 Å². The summed E-state index contributed by atoms with van der Waals surface area (Å²) in [5, 5.41) is 13.1. The van der Waals surface area contributed by atoms with E-state index in [-0.39, 0.29) is 12.1 Å². The van der Waals surface area contributed by atoms with Gasteiger partial charge in [-0.25, -0.2) is 18.4 Å². The highest BCUT2D eigenvalue weighted by Crippen LogP contribution is 2.40. The number of carbonyl (C=O) groups excluding carboxylic acids is 2. The predicted molar refractivity (Wildman–Crippen MR) is 85.6 cm³/mol. The molecule has 2 aromatic rings. The molecule has 0 aliphatic heterocycles. The Morgan fingerprint density at radius 3 is 1.58 bits per heavy atom. The third-order valence-electron chi connectivity index (χ3n) is 4.23. The molecule has 0 fully saturated rings. The van der Waals surface area contributed by atoms with Crippen LogP contribution in [0.25, 0.3) is 0 Å². The summed E-state index contributed by atoms with van der Waals surface area (Å²) in [6.07, 6.45) is 0. The van der Waals surface area contributed by atoms with Crippen molar-refractivity contribution in [3.8, 4) is 0 Å². The lowest BCUT2D eigenvalue weighted by Crippen LogP contribution is -2.52. The average Bonchev–Trinajstić information content (AvgIpc) is 2.71. The molecule has 2 rings (SSSR count). The zero-order valence-electron chi connectivity index (χ0n) is 14.7. The number of halogens is 6. The number of carboxylic acid groups (broad SMARTS) is 2. The van der Waals surface area contributed by atoms with Crippen LogP contribution in [0.2, 0.25) is 0 Å². The normalized spacial score (nSPS) is 11.0. The summed E-state index contributed by atoms with van der Waals surface area (Å²) in [4.78, 5) is 46.5. The molecule has 0 aliphatic carbocycles. The summed E-state index contributed by atoms with van der Waals surface area (Å²) in [5.41, 5.74) is -8.54. The van der Waals surface area contributed by atoms with Gasteiger partial charge in [-0.2, -0.15) is 0 Å². The number of rotatable bonds is 6. The number of hydrogen-bond donors (Lipinski definition) is 2. The Morgan fingerprint density at radius 2 is 1.19 bits per heavy atom. The smallest absolute Gasteiger partial charge is 0.338 e. The monoisotopic (exact) mass is 450 g/mol. The minimum absolute atomic E-state index is 0.204. The molecule has 0 heterocycles. The number of carbonyl (C=O) groups is 4. The van der Waals surface area contributed by atoms with E-state index in [4.69, 9.17) is 10.2 Å². The molecule has 0 unspecified atom stereocenters. The zero-order chi connectivity index (χ0) is 23.7. The fourth-order valence-electron chi connectivity index (χ4n) is 2.84. The van der Waals surface area contributed by atoms with Gasteiger partial charge in [0.1, 0.15) is 0 Å². The molecular weight excluding hydrogens is 442 g/mol. The van der Waals surface area contributed by atoms with Crippen molar-refractivity contribution in [1.29, 1.82) is 0 Å². The van der Waals surface area contributed by atoms with Gasteiger partial charge in [0.25, 0.3) is 0 Å². The first-order valence-electron chi connectivity index (χ1n) is 7.75. The quantitative estimate of drug-likeness (QED) is 0.398. The maximum absolute atomic E-state index is 14.7. The minimum atomic E-state index is -3.94. The van der Waals surface area contributed by atoms with Crippen molar-refractivity contribution in [2.24, 2.45) is 0 Å². The molecule has 0 aromatic heterocycles. The SMILES string of the molecule is O=C(O)c1ccc(C(C(=O)N(F)F)(C(=O)N(F)F)c2ccc(C(=O)O)c(F)c2F)cc1. The van der Waals surface area contributed by atoms with E-state index in [0.717, 1.165) is 0 Å². The Hall–Kier alpha value is -4.10. The molecule has 0 atom stereocenters. The maximum Gasteiger partial charge on any atom is 0.338 e. The second-order valence-electron chi connectivity index (χ2n) is 5.80. The summed E-state index contributed by atoms with van der Waals surface area (Å²) in [5.74, 6) is -13.6. The van der Waals surface area contributed by atoms with Crippen molar-refractivity contribution in [2.45, 2.75) is 5.41 Å². The largest absolute Gasteiger partial charge is 0.478 e. The van der Waals surface area contributed by atoms with Crippen molar-refractivity contribution in [3.63, 3.8) is 0 Å². The van der Waals surface area contributed by atoms with Gasteiger partial charge in [-0.1, -0.05) is 36.1 Å². The second kappa shape index (κ2) is 8.33. The van der Waals surface area contributed by atoms with Crippen LogP contribution in [-0.2, 0) is 15.0 Å². The van der Waals surface area contributed by atoms with E-state index in [2.05, 4.69) is 0 Å². The van der Waals surface area contributed by atoms with Crippen LogP contribution >= 0.6 is 0 Å². The summed E-state index contributed by atoms with van der Waals surface area (Å²) in [6.45, 7) is 0. The van der Waals surface area contributed by atoms with Crippen LogP contribution in [0, 0.1) is 11.6 Å². The molecule has 31 heavy (non-hydrogen) atoms. The van der Waals surface area contributed by atoms with Crippen molar-refractivity contribution < 1.29 is 56.1 Å². The van der Waals surface area contributed by atoms with Gasteiger partial charge in [-0.3, -0.25) is 9.59 Å². The van der Waals surface area contributed by atoms with E-state index in [1.165, 1.54) is 0 Å². The molecule has 14 heteroatoms. The molecule has 0 bridgehead atoms. The minimum Gasteiger partial charge on any atom is -0.478 e. The molecule has 2 amide bonds. The van der Waals surface area contributed by atoms with Crippen LogP contribution in [0.3, 0.4) is 0 Å². The number of carboxylic acids is 2. The molecular formula is C17H8F6N2O6. The fourth-order valence-corrected chi connectivity index (χ4v) is 2.84. The van der Waals surface area contributed by atoms with E-state index in [0.29, 0.717) is 24.3 Å². The topological polar surface area (TPSA) is 115 Å². The average molecular weight is 450 g/mol. The van der Waals surface area contributed by atoms with Crippen LogP contribution in [0.5, 0.6) is 0 Å². The van der Waals surface area contributed by atoms with E-state index in [1.54, 1.807) is 0 Å². The van der Waals surface area contributed by atoms with Gasteiger partial charge < -0.3 is 10.2 Å². The van der Waals surface area contributed by atoms with Gasteiger partial charge in [0.05, 0.1) is 11.1 Å². The third-order valence-corrected chi connectivity index (χ3v) is 4.23. The lowest BCUT2D eigenvalue weighted by molar-refractivity contribution is -0.208. The van der Waals surface area contributed by atoms with E-state index in [9.17, 15) is 45.9 Å². The highest BCUT2D eigenvalue weighted by atomic mass is 19.4. The molecule has 0 aliphatic rings. The molecule has 0 saturated carbocycles. The first kappa shape index (κ1) is 23.2. The third kappa shape index (κ3) is 3.74. The molecule has 0 radical (unpaired) electrons.